The van der Waals surface area contributed by atoms with Crippen molar-refractivity contribution in [1.82, 2.24) is 10.2 Å². The second-order valence-electron chi connectivity index (χ2n) is 3.71. The Bertz CT molecular complexity index is 504. The quantitative estimate of drug-likeness (QED) is 0.603. The molecule has 1 aromatic heterocycles. The number of benzene rings is 1. The van der Waals surface area contributed by atoms with Crippen LogP contribution in [0.2, 0.25) is 0 Å². The first-order valence-electron chi connectivity index (χ1n) is 5.71. The zero-order valence-electron chi connectivity index (χ0n) is 10.4. The summed E-state index contributed by atoms with van der Waals surface area (Å²) in [6.07, 6.45) is 0. The highest BCUT2D eigenvalue weighted by atomic mass is 79.9. The summed E-state index contributed by atoms with van der Waals surface area (Å²) in [6.45, 7) is 1.42. The highest BCUT2D eigenvalue weighted by Crippen LogP contribution is 2.28. The zero-order valence-corrected chi connectivity index (χ0v) is 13.6. The van der Waals surface area contributed by atoms with Crippen LogP contribution in [0.4, 0.5) is 5.13 Å². The highest BCUT2D eigenvalue weighted by Gasteiger charge is 2.04. The molecule has 0 atom stereocenters. The first-order valence-corrected chi connectivity index (χ1v) is 8.31. The van der Waals surface area contributed by atoms with Crippen molar-refractivity contribution in [3.63, 3.8) is 0 Å². The lowest BCUT2D eigenvalue weighted by molar-refractivity contribution is 0.211. The maximum absolute atomic E-state index is 4.97. The van der Waals surface area contributed by atoms with Gasteiger partial charge in [0.2, 0.25) is 5.13 Å². The summed E-state index contributed by atoms with van der Waals surface area (Å²) in [7, 11) is 1.68. The van der Waals surface area contributed by atoms with Crippen LogP contribution >= 0.6 is 39.0 Å². The minimum Gasteiger partial charge on any atom is -0.383 e. The summed E-state index contributed by atoms with van der Waals surface area (Å²) < 4.78 is 7.04. The molecule has 1 aromatic carbocycles. The molecule has 7 heteroatoms. The lowest BCUT2D eigenvalue weighted by Crippen LogP contribution is -2.06. The smallest absolute Gasteiger partial charge is 0.206 e. The molecule has 0 amide bonds. The van der Waals surface area contributed by atoms with Crippen LogP contribution < -0.4 is 5.32 Å². The fourth-order valence-electron chi connectivity index (χ4n) is 1.33. The van der Waals surface area contributed by atoms with E-state index in [1.165, 1.54) is 5.56 Å². The van der Waals surface area contributed by atoms with Crippen LogP contribution in [0.25, 0.3) is 0 Å². The number of nitrogens with one attached hydrogen (secondary N) is 1. The molecule has 0 saturated carbocycles. The summed E-state index contributed by atoms with van der Waals surface area (Å²) in [5.74, 6) is 0.903. The Hall–Kier alpha value is -0.630. The Kier molecular flexibility index (Phi) is 6.09. The average molecular weight is 360 g/mol. The van der Waals surface area contributed by atoms with E-state index in [4.69, 9.17) is 4.74 Å². The second kappa shape index (κ2) is 7.84. The van der Waals surface area contributed by atoms with Gasteiger partial charge in [-0.15, -0.1) is 10.2 Å². The number of nitrogens with zero attached hydrogens (tertiary/aromatic N) is 2. The minimum absolute atomic E-state index is 0.668. The van der Waals surface area contributed by atoms with Gasteiger partial charge in [-0.1, -0.05) is 51.2 Å². The normalized spacial score (nSPS) is 10.6. The molecule has 0 bridgehead atoms. The van der Waals surface area contributed by atoms with Crippen LogP contribution in [0.15, 0.2) is 33.1 Å². The minimum atomic E-state index is 0.668. The van der Waals surface area contributed by atoms with Gasteiger partial charge in [0.25, 0.3) is 0 Å². The predicted molar refractivity (Wildman–Crippen MR) is 84.0 cm³/mol. The van der Waals surface area contributed by atoms with Crippen molar-refractivity contribution in [2.45, 2.75) is 10.1 Å². The van der Waals surface area contributed by atoms with Gasteiger partial charge in [-0.3, -0.25) is 0 Å². The van der Waals surface area contributed by atoms with Crippen molar-refractivity contribution in [3.05, 3.63) is 34.3 Å². The molecule has 0 saturated heterocycles. The van der Waals surface area contributed by atoms with Crippen LogP contribution in [0.3, 0.4) is 0 Å². The molecule has 0 fully saturated rings. The molecule has 4 nitrogen and oxygen atoms in total. The van der Waals surface area contributed by atoms with Crippen LogP contribution in [0.5, 0.6) is 0 Å². The van der Waals surface area contributed by atoms with Gasteiger partial charge < -0.3 is 10.1 Å². The van der Waals surface area contributed by atoms with Crippen LogP contribution in [-0.2, 0) is 10.5 Å². The van der Waals surface area contributed by atoms with E-state index in [0.717, 1.165) is 26.2 Å². The molecule has 0 unspecified atom stereocenters. The molecule has 0 aliphatic heterocycles. The molecular weight excluding hydrogens is 346 g/mol. The highest BCUT2D eigenvalue weighted by molar-refractivity contribution is 9.10. The van der Waals surface area contributed by atoms with Gasteiger partial charge in [-0.05, 0) is 17.7 Å². The summed E-state index contributed by atoms with van der Waals surface area (Å²) in [4.78, 5) is 0. The molecule has 1 N–H and O–H groups in total. The predicted octanol–water partition coefficient (Wildman–Crippen LogP) is 3.65. The Labute approximate surface area is 129 Å². The van der Waals surface area contributed by atoms with Gasteiger partial charge in [0, 0.05) is 23.9 Å². The van der Waals surface area contributed by atoms with Crippen molar-refractivity contribution < 1.29 is 4.74 Å². The fraction of sp³-hybridized carbons (Fsp3) is 0.333. The fourth-order valence-corrected chi connectivity index (χ4v) is 3.32. The van der Waals surface area contributed by atoms with Gasteiger partial charge >= 0.3 is 0 Å². The topological polar surface area (TPSA) is 47.0 Å². The van der Waals surface area contributed by atoms with Crippen molar-refractivity contribution >= 4 is 44.2 Å². The van der Waals surface area contributed by atoms with E-state index < -0.39 is 0 Å². The molecule has 0 radical (unpaired) electrons. The van der Waals surface area contributed by atoms with E-state index in [9.17, 15) is 0 Å². The van der Waals surface area contributed by atoms with Gasteiger partial charge in [0.15, 0.2) is 4.34 Å². The Morgan fingerprint density at radius 1 is 1.32 bits per heavy atom. The zero-order chi connectivity index (χ0) is 13.5. The van der Waals surface area contributed by atoms with E-state index in [1.807, 2.05) is 12.1 Å². The molecule has 19 heavy (non-hydrogen) atoms. The standard InChI is InChI=1S/C12H14BrN3OS2/c1-17-7-6-14-11-15-16-12(19-11)18-8-9-2-4-10(13)5-3-9/h2-5H,6-8H2,1H3,(H,14,15). The number of rotatable bonds is 7. The molecular formula is C12H14BrN3OS2. The van der Waals surface area contributed by atoms with Crippen molar-refractivity contribution in [1.29, 1.82) is 0 Å². The van der Waals surface area contributed by atoms with Crippen molar-refractivity contribution in [3.8, 4) is 0 Å². The van der Waals surface area contributed by atoms with Crippen LogP contribution in [0.1, 0.15) is 5.56 Å². The van der Waals surface area contributed by atoms with E-state index in [1.54, 1.807) is 30.2 Å². The molecule has 0 aliphatic rings. The molecule has 102 valence electrons. The number of methoxy groups -OCH3 is 1. The number of thioether (sulfide) groups is 1. The number of hydrogen-bond donors (Lipinski definition) is 1. The monoisotopic (exact) mass is 359 g/mol. The van der Waals surface area contributed by atoms with E-state index >= 15 is 0 Å². The average Bonchev–Trinajstić information content (AvgIpc) is 2.86. The number of aromatic nitrogens is 2. The molecule has 2 aromatic rings. The van der Waals surface area contributed by atoms with E-state index in [-0.39, 0.29) is 0 Å². The Morgan fingerprint density at radius 3 is 2.84 bits per heavy atom. The molecule has 1 heterocycles. The first-order chi connectivity index (χ1) is 9.28. The van der Waals surface area contributed by atoms with Gasteiger partial charge in [0.05, 0.1) is 6.61 Å². The maximum Gasteiger partial charge on any atom is 0.206 e. The lowest BCUT2D eigenvalue weighted by Gasteiger charge is -1.99. The van der Waals surface area contributed by atoms with Crippen LogP contribution in [0, 0.1) is 0 Å². The molecule has 0 aliphatic carbocycles. The maximum atomic E-state index is 4.97. The Balaban J connectivity index is 1.81. The molecule has 0 spiro atoms. The summed E-state index contributed by atoms with van der Waals surface area (Å²) in [5.41, 5.74) is 1.28. The van der Waals surface area contributed by atoms with Crippen molar-refractivity contribution in [2.24, 2.45) is 0 Å². The van der Waals surface area contributed by atoms with Gasteiger partial charge in [-0.2, -0.15) is 0 Å². The van der Waals surface area contributed by atoms with E-state index in [0.29, 0.717) is 6.61 Å². The lowest BCUT2D eigenvalue weighted by atomic mass is 10.2. The van der Waals surface area contributed by atoms with Gasteiger partial charge in [-0.25, -0.2) is 0 Å². The SMILES string of the molecule is COCCNc1nnc(SCc2ccc(Br)cc2)s1. The number of ether oxygens (including phenoxy) is 1. The number of hydrogen-bond acceptors (Lipinski definition) is 6. The van der Waals surface area contributed by atoms with Crippen molar-refractivity contribution in [2.75, 3.05) is 25.6 Å². The van der Waals surface area contributed by atoms with Gasteiger partial charge in [0.1, 0.15) is 0 Å². The van der Waals surface area contributed by atoms with E-state index in [2.05, 4.69) is 43.6 Å². The van der Waals surface area contributed by atoms with Crippen LogP contribution in [-0.4, -0.2) is 30.5 Å². The second-order valence-corrected chi connectivity index (χ2v) is 6.82. The third kappa shape index (κ3) is 5.10. The number of halogens is 1. The number of anilines is 1. The Morgan fingerprint density at radius 2 is 2.11 bits per heavy atom. The third-order valence-corrected chi connectivity index (χ3v) is 4.88. The first kappa shape index (κ1) is 14.8. The third-order valence-electron chi connectivity index (χ3n) is 2.26. The largest absolute Gasteiger partial charge is 0.383 e. The summed E-state index contributed by atoms with van der Waals surface area (Å²) in [6, 6.07) is 8.31. The molecule has 2 rings (SSSR count). The summed E-state index contributed by atoms with van der Waals surface area (Å²) in [5, 5.41) is 12.2. The summed E-state index contributed by atoms with van der Waals surface area (Å²) >= 11 is 6.70.